The van der Waals surface area contributed by atoms with Crippen molar-refractivity contribution in [1.82, 2.24) is 14.9 Å². The number of likely N-dealkylation sites (tertiary alicyclic amines) is 1. The van der Waals surface area contributed by atoms with Gasteiger partial charge in [0.2, 0.25) is 5.89 Å². The van der Waals surface area contributed by atoms with Crippen molar-refractivity contribution in [3.63, 3.8) is 0 Å². The Balaban J connectivity index is 1.55. The number of amides is 1. The van der Waals surface area contributed by atoms with Gasteiger partial charge in [-0.1, -0.05) is 18.6 Å². The minimum atomic E-state index is -4.40. The van der Waals surface area contributed by atoms with Gasteiger partial charge in [-0.2, -0.15) is 13.2 Å². The van der Waals surface area contributed by atoms with Crippen molar-refractivity contribution in [3.8, 4) is 11.5 Å². The van der Waals surface area contributed by atoms with Crippen LogP contribution < -0.4 is 0 Å². The molecule has 0 N–H and O–H groups in total. The van der Waals surface area contributed by atoms with Crippen molar-refractivity contribution in [2.75, 3.05) is 6.54 Å². The van der Waals surface area contributed by atoms with Crippen LogP contribution in [0, 0.1) is 12.8 Å². The van der Waals surface area contributed by atoms with E-state index in [1.165, 1.54) is 12.3 Å². The van der Waals surface area contributed by atoms with Gasteiger partial charge in [-0.15, -0.1) is 0 Å². The maximum absolute atomic E-state index is 13.7. The molecule has 2 aromatic heterocycles. The molecule has 0 saturated carbocycles. The molecule has 0 radical (unpaired) electrons. The minimum absolute atomic E-state index is 0.0340. The molecule has 3 heterocycles. The molecule has 8 heteroatoms. The molecule has 0 bridgehead atoms. The van der Waals surface area contributed by atoms with Crippen molar-refractivity contribution >= 4 is 5.91 Å². The number of carbonyl (C=O) groups excluding carboxylic acids is 1. The Morgan fingerprint density at radius 1 is 1.21 bits per heavy atom. The highest BCUT2D eigenvalue weighted by Crippen LogP contribution is 2.32. The SMILES string of the molecule is Cc1ccc(-c2ncco2)c(C(=O)N2CCC[C@@H](C)[C@H]2CCc2ccc(C(F)(F)F)cn2)c1. The van der Waals surface area contributed by atoms with Crippen molar-refractivity contribution in [2.45, 2.75) is 51.7 Å². The van der Waals surface area contributed by atoms with E-state index in [2.05, 4.69) is 16.9 Å². The Bertz CT molecular complexity index is 1100. The molecule has 0 unspecified atom stereocenters. The number of benzene rings is 1. The van der Waals surface area contributed by atoms with Crippen LogP contribution in [-0.4, -0.2) is 33.4 Å². The van der Waals surface area contributed by atoms with E-state index in [1.54, 1.807) is 6.20 Å². The van der Waals surface area contributed by atoms with Crippen molar-refractivity contribution in [3.05, 3.63) is 71.4 Å². The molecule has 33 heavy (non-hydrogen) atoms. The fourth-order valence-electron chi connectivity index (χ4n) is 4.51. The zero-order valence-corrected chi connectivity index (χ0v) is 18.6. The van der Waals surface area contributed by atoms with Crippen molar-refractivity contribution in [2.24, 2.45) is 5.92 Å². The van der Waals surface area contributed by atoms with E-state index >= 15 is 0 Å². The van der Waals surface area contributed by atoms with E-state index in [1.807, 2.05) is 30.0 Å². The number of piperidine rings is 1. The highest BCUT2D eigenvalue weighted by Gasteiger charge is 2.34. The van der Waals surface area contributed by atoms with E-state index in [9.17, 15) is 18.0 Å². The fourth-order valence-corrected chi connectivity index (χ4v) is 4.51. The first kappa shape index (κ1) is 23.0. The Morgan fingerprint density at radius 3 is 2.70 bits per heavy atom. The predicted octanol–water partition coefficient (Wildman–Crippen LogP) is 5.94. The number of hydrogen-bond donors (Lipinski definition) is 0. The summed E-state index contributed by atoms with van der Waals surface area (Å²) >= 11 is 0. The fraction of sp³-hybridized carbons (Fsp3) is 0.400. The van der Waals surface area contributed by atoms with Crippen LogP contribution in [0.5, 0.6) is 0 Å². The van der Waals surface area contributed by atoms with Crippen LogP contribution in [0.4, 0.5) is 13.2 Å². The molecule has 1 aliphatic rings. The summed E-state index contributed by atoms with van der Waals surface area (Å²) in [6.45, 7) is 4.69. The minimum Gasteiger partial charge on any atom is -0.445 e. The second-order valence-corrected chi connectivity index (χ2v) is 8.65. The summed E-state index contributed by atoms with van der Waals surface area (Å²) in [5.41, 5.74) is 1.99. The third kappa shape index (κ3) is 5.10. The number of oxazole rings is 1. The largest absolute Gasteiger partial charge is 0.445 e. The van der Waals surface area contributed by atoms with Gasteiger partial charge in [0.25, 0.3) is 5.91 Å². The van der Waals surface area contributed by atoms with E-state index in [-0.39, 0.29) is 17.9 Å². The molecule has 174 valence electrons. The number of alkyl halides is 3. The van der Waals surface area contributed by atoms with Gasteiger partial charge < -0.3 is 9.32 Å². The first-order chi connectivity index (χ1) is 15.7. The smallest absolute Gasteiger partial charge is 0.417 e. The van der Waals surface area contributed by atoms with Gasteiger partial charge >= 0.3 is 6.18 Å². The van der Waals surface area contributed by atoms with Gasteiger partial charge in [-0.05, 0) is 62.8 Å². The molecule has 0 spiro atoms. The predicted molar refractivity (Wildman–Crippen MR) is 117 cm³/mol. The van der Waals surface area contributed by atoms with E-state index < -0.39 is 11.7 Å². The standard InChI is InChI=1S/C25H26F3N3O2/c1-16-5-9-20(23-29-11-13-33-23)21(14-16)24(32)31-12-3-4-17(2)22(31)10-8-19-7-6-18(15-30-19)25(26,27)28/h5-7,9,11,13-15,17,22H,3-4,8,10,12H2,1-2H3/t17-,22-/m1/s1. The van der Waals surface area contributed by atoms with Gasteiger partial charge in [0, 0.05) is 30.0 Å². The monoisotopic (exact) mass is 457 g/mol. The molecule has 1 aromatic carbocycles. The summed E-state index contributed by atoms with van der Waals surface area (Å²) in [6.07, 6.45) is 2.53. The lowest BCUT2D eigenvalue weighted by atomic mass is 9.86. The van der Waals surface area contributed by atoms with Crippen LogP contribution in [0.1, 0.15) is 53.4 Å². The summed E-state index contributed by atoms with van der Waals surface area (Å²) in [4.78, 5) is 23.8. The van der Waals surface area contributed by atoms with Gasteiger partial charge in [0.1, 0.15) is 6.26 Å². The molecule has 1 fully saturated rings. The van der Waals surface area contributed by atoms with Gasteiger partial charge in [0.05, 0.1) is 17.3 Å². The lowest BCUT2D eigenvalue weighted by molar-refractivity contribution is -0.137. The van der Waals surface area contributed by atoms with Crippen LogP contribution >= 0.6 is 0 Å². The second kappa shape index (κ2) is 9.37. The Morgan fingerprint density at radius 2 is 2.03 bits per heavy atom. The van der Waals surface area contributed by atoms with E-state index in [0.717, 1.165) is 30.7 Å². The first-order valence-electron chi connectivity index (χ1n) is 11.1. The van der Waals surface area contributed by atoms with Gasteiger partial charge in [-0.25, -0.2) is 4.98 Å². The highest BCUT2D eigenvalue weighted by molar-refractivity contribution is 6.00. The molecule has 5 nitrogen and oxygen atoms in total. The van der Waals surface area contributed by atoms with Crippen LogP contribution in [0.15, 0.2) is 53.4 Å². The zero-order valence-electron chi connectivity index (χ0n) is 18.6. The third-order valence-electron chi connectivity index (χ3n) is 6.29. The van der Waals surface area contributed by atoms with Crippen molar-refractivity contribution < 1.29 is 22.4 Å². The molecule has 0 aliphatic carbocycles. The molecule has 1 amide bonds. The summed E-state index contributed by atoms with van der Waals surface area (Å²) in [5.74, 6) is 0.588. The molecular formula is C25H26F3N3O2. The lowest BCUT2D eigenvalue weighted by Gasteiger charge is -2.40. The number of aromatic nitrogens is 2. The highest BCUT2D eigenvalue weighted by atomic mass is 19.4. The van der Waals surface area contributed by atoms with Crippen molar-refractivity contribution in [1.29, 1.82) is 0 Å². The van der Waals surface area contributed by atoms with Crippen LogP contribution in [0.2, 0.25) is 0 Å². The first-order valence-corrected chi connectivity index (χ1v) is 11.1. The average molecular weight is 457 g/mol. The Hall–Kier alpha value is -3.16. The second-order valence-electron chi connectivity index (χ2n) is 8.65. The number of halogens is 3. The lowest BCUT2D eigenvalue weighted by Crippen LogP contribution is -2.48. The topological polar surface area (TPSA) is 59.2 Å². The van der Waals surface area contributed by atoms with Crippen LogP contribution in [-0.2, 0) is 12.6 Å². The molecule has 4 rings (SSSR count). The van der Waals surface area contributed by atoms with Crippen LogP contribution in [0.3, 0.4) is 0 Å². The number of rotatable bonds is 5. The number of pyridine rings is 1. The number of hydrogen-bond acceptors (Lipinski definition) is 4. The number of carbonyl (C=O) groups is 1. The average Bonchev–Trinajstić information content (AvgIpc) is 3.32. The zero-order chi connectivity index (χ0) is 23.6. The summed E-state index contributed by atoms with van der Waals surface area (Å²) in [6, 6.07) is 8.07. The molecule has 3 aromatic rings. The summed E-state index contributed by atoms with van der Waals surface area (Å²) in [5, 5.41) is 0. The summed E-state index contributed by atoms with van der Waals surface area (Å²) in [7, 11) is 0. The maximum atomic E-state index is 13.7. The maximum Gasteiger partial charge on any atom is 0.417 e. The Kier molecular flexibility index (Phi) is 6.54. The van der Waals surface area contributed by atoms with Crippen LogP contribution in [0.25, 0.3) is 11.5 Å². The number of aryl methyl sites for hydroxylation is 2. The van der Waals surface area contributed by atoms with E-state index in [0.29, 0.717) is 42.1 Å². The quantitative estimate of drug-likeness (QED) is 0.476. The van der Waals surface area contributed by atoms with E-state index in [4.69, 9.17) is 4.42 Å². The molecule has 2 atom stereocenters. The molecule has 1 saturated heterocycles. The van der Waals surface area contributed by atoms with Gasteiger partial charge in [0.15, 0.2) is 0 Å². The van der Waals surface area contributed by atoms with Gasteiger partial charge in [-0.3, -0.25) is 9.78 Å². The number of nitrogens with zero attached hydrogens (tertiary/aromatic N) is 3. The molecular weight excluding hydrogens is 431 g/mol. The Labute approximate surface area is 190 Å². The molecule has 1 aliphatic heterocycles. The normalized spacial score (nSPS) is 19.0. The third-order valence-corrected chi connectivity index (χ3v) is 6.29. The summed E-state index contributed by atoms with van der Waals surface area (Å²) < 4.78 is 43.9.